The molecule has 0 unspecified atom stereocenters. The van der Waals surface area contributed by atoms with E-state index < -0.39 is 22.4 Å². The average molecular weight is 410 g/mol. The van der Waals surface area contributed by atoms with Crippen LogP contribution >= 0.6 is 11.8 Å². The number of aryl methyl sites for hydroxylation is 1. The molecule has 2 aromatic carbocycles. The highest BCUT2D eigenvalue weighted by Gasteiger charge is 2.33. The Hall–Kier alpha value is -2.55. The van der Waals surface area contributed by atoms with Crippen molar-refractivity contribution in [3.63, 3.8) is 0 Å². The molecule has 0 aromatic heterocycles. The van der Waals surface area contributed by atoms with Crippen LogP contribution in [0.5, 0.6) is 0 Å². The minimum Gasteiger partial charge on any atom is -0.349 e. The highest BCUT2D eigenvalue weighted by atomic mass is 32.2. The van der Waals surface area contributed by atoms with Gasteiger partial charge in [0.15, 0.2) is 0 Å². The van der Waals surface area contributed by atoms with Crippen LogP contribution in [0.4, 0.5) is 18.9 Å². The van der Waals surface area contributed by atoms with Crippen molar-refractivity contribution >= 4 is 23.4 Å². The van der Waals surface area contributed by atoms with Gasteiger partial charge in [0, 0.05) is 6.07 Å². The Morgan fingerprint density at radius 3 is 2.71 bits per heavy atom. The molecule has 3 rings (SSSR count). The van der Waals surface area contributed by atoms with Crippen LogP contribution in [-0.2, 0) is 17.4 Å². The number of hydrogen-bond acceptors (Lipinski definition) is 4. The molecule has 0 aliphatic heterocycles. The number of carbonyl (C=O) groups excluding carboxylic acids is 1. The SMILES string of the molecule is O=C(CSc1ccc(C(F)(F)F)cc1[N+](=O)[O-])N[C@H]1CCCc2ccccc21. The lowest BCUT2D eigenvalue weighted by atomic mass is 9.88. The molecule has 2 aromatic rings. The molecule has 1 aliphatic carbocycles. The molecule has 5 nitrogen and oxygen atoms in total. The van der Waals surface area contributed by atoms with Crippen molar-refractivity contribution < 1.29 is 22.9 Å². The Morgan fingerprint density at radius 1 is 1.25 bits per heavy atom. The van der Waals surface area contributed by atoms with E-state index >= 15 is 0 Å². The first-order chi connectivity index (χ1) is 13.3. The Bertz CT molecular complexity index is 902. The molecule has 0 fully saturated rings. The number of alkyl halides is 3. The predicted octanol–water partition coefficient (Wildman–Crippen LogP) is 4.90. The van der Waals surface area contributed by atoms with Crippen LogP contribution in [0, 0.1) is 10.1 Å². The molecule has 0 bridgehead atoms. The number of amides is 1. The zero-order valence-corrected chi connectivity index (χ0v) is 15.5. The van der Waals surface area contributed by atoms with Crippen molar-refractivity contribution in [2.45, 2.75) is 36.4 Å². The van der Waals surface area contributed by atoms with Crippen LogP contribution in [0.2, 0.25) is 0 Å². The third-order valence-electron chi connectivity index (χ3n) is 4.55. The number of fused-ring (bicyclic) bond motifs is 1. The molecule has 1 amide bonds. The van der Waals surface area contributed by atoms with Crippen LogP contribution in [0.25, 0.3) is 0 Å². The summed E-state index contributed by atoms with van der Waals surface area (Å²) in [6.07, 6.45) is -1.97. The Morgan fingerprint density at radius 2 is 2.00 bits per heavy atom. The summed E-state index contributed by atoms with van der Waals surface area (Å²) in [6.45, 7) is 0. The van der Waals surface area contributed by atoms with Crippen LogP contribution < -0.4 is 5.32 Å². The quantitative estimate of drug-likeness (QED) is 0.432. The number of benzene rings is 2. The van der Waals surface area contributed by atoms with E-state index in [0.29, 0.717) is 6.07 Å². The number of nitrogens with one attached hydrogen (secondary N) is 1. The number of nitrogens with zero attached hydrogens (tertiary/aromatic N) is 1. The molecule has 0 spiro atoms. The molecule has 148 valence electrons. The van der Waals surface area contributed by atoms with Crippen molar-refractivity contribution in [3.8, 4) is 0 Å². The van der Waals surface area contributed by atoms with E-state index in [0.717, 1.165) is 48.7 Å². The Labute approximate surface area is 163 Å². The van der Waals surface area contributed by atoms with Gasteiger partial charge in [-0.1, -0.05) is 24.3 Å². The molecule has 9 heteroatoms. The van der Waals surface area contributed by atoms with Crippen molar-refractivity contribution in [3.05, 3.63) is 69.3 Å². The number of hydrogen-bond donors (Lipinski definition) is 1. The maximum Gasteiger partial charge on any atom is 0.416 e. The van der Waals surface area contributed by atoms with Gasteiger partial charge in [-0.05, 0) is 42.5 Å². The van der Waals surface area contributed by atoms with Crippen molar-refractivity contribution in [1.29, 1.82) is 0 Å². The molecule has 0 radical (unpaired) electrons. The number of nitro groups is 1. The maximum atomic E-state index is 12.8. The maximum absolute atomic E-state index is 12.8. The van der Waals surface area contributed by atoms with Gasteiger partial charge < -0.3 is 5.32 Å². The Balaban J connectivity index is 1.68. The van der Waals surface area contributed by atoms with Gasteiger partial charge in [0.2, 0.25) is 5.91 Å². The monoisotopic (exact) mass is 410 g/mol. The van der Waals surface area contributed by atoms with E-state index in [4.69, 9.17) is 0 Å². The van der Waals surface area contributed by atoms with E-state index in [2.05, 4.69) is 5.32 Å². The van der Waals surface area contributed by atoms with Gasteiger partial charge in [-0.25, -0.2) is 0 Å². The highest BCUT2D eigenvalue weighted by Crippen LogP contribution is 2.36. The number of rotatable bonds is 5. The van der Waals surface area contributed by atoms with Crippen molar-refractivity contribution in [2.75, 3.05) is 5.75 Å². The summed E-state index contributed by atoms with van der Waals surface area (Å²) in [5, 5.41) is 14.0. The highest BCUT2D eigenvalue weighted by molar-refractivity contribution is 8.00. The summed E-state index contributed by atoms with van der Waals surface area (Å²) in [5.41, 5.74) is 0.500. The van der Waals surface area contributed by atoms with Gasteiger partial charge in [-0.15, -0.1) is 11.8 Å². The molecule has 28 heavy (non-hydrogen) atoms. The van der Waals surface area contributed by atoms with E-state index in [9.17, 15) is 28.1 Å². The first-order valence-electron chi connectivity index (χ1n) is 8.61. The summed E-state index contributed by atoms with van der Waals surface area (Å²) in [5.74, 6) is -0.439. The van der Waals surface area contributed by atoms with E-state index in [1.54, 1.807) is 0 Å². The van der Waals surface area contributed by atoms with E-state index in [1.165, 1.54) is 5.56 Å². The fourth-order valence-corrected chi connectivity index (χ4v) is 4.06. The fourth-order valence-electron chi connectivity index (χ4n) is 3.24. The van der Waals surface area contributed by atoms with Gasteiger partial charge in [0.1, 0.15) is 0 Å². The van der Waals surface area contributed by atoms with Gasteiger partial charge in [-0.2, -0.15) is 13.2 Å². The number of nitro benzene ring substituents is 1. The van der Waals surface area contributed by atoms with Crippen LogP contribution in [0.15, 0.2) is 47.4 Å². The molecule has 0 saturated heterocycles. The summed E-state index contributed by atoms with van der Waals surface area (Å²) in [6, 6.07) is 10.0. The van der Waals surface area contributed by atoms with Crippen LogP contribution in [-0.4, -0.2) is 16.6 Å². The molecule has 1 N–H and O–H groups in total. The van der Waals surface area contributed by atoms with Gasteiger partial charge >= 0.3 is 6.18 Å². The van der Waals surface area contributed by atoms with E-state index in [1.807, 2.05) is 24.3 Å². The summed E-state index contributed by atoms with van der Waals surface area (Å²) in [7, 11) is 0. The van der Waals surface area contributed by atoms with Crippen LogP contribution in [0.1, 0.15) is 35.6 Å². The van der Waals surface area contributed by atoms with Crippen molar-refractivity contribution in [1.82, 2.24) is 5.32 Å². The molecule has 0 saturated carbocycles. The average Bonchev–Trinajstić information content (AvgIpc) is 2.65. The molecular formula is C19H17F3N2O3S. The lowest BCUT2D eigenvalue weighted by molar-refractivity contribution is -0.388. The smallest absolute Gasteiger partial charge is 0.349 e. The largest absolute Gasteiger partial charge is 0.416 e. The second kappa shape index (κ2) is 8.22. The minimum absolute atomic E-state index is 0.0252. The normalized spacial score (nSPS) is 16.3. The lowest BCUT2D eigenvalue weighted by Crippen LogP contribution is -2.32. The summed E-state index contributed by atoms with van der Waals surface area (Å²) in [4.78, 5) is 22.6. The van der Waals surface area contributed by atoms with Crippen molar-refractivity contribution in [2.24, 2.45) is 0 Å². The zero-order chi connectivity index (χ0) is 20.3. The number of halogens is 3. The first-order valence-corrected chi connectivity index (χ1v) is 9.60. The third kappa shape index (κ3) is 4.64. The number of thioether (sulfide) groups is 1. The second-order valence-corrected chi connectivity index (χ2v) is 7.45. The first kappa shape index (κ1) is 20.2. The van der Waals surface area contributed by atoms with Gasteiger partial charge in [-0.3, -0.25) is 14.9 Å². The Kier molecular flexibility index (Phi) is 5.93. The topological polar surface area (TPSA) is 72.2 Å². The summed E-state index contributed by atoms with van der Waals surface area (Å²) < 4.78 is 38.3. The standard InChI is InChI=1S/C19H17F3N2O3S/c20-19(21,22)13-8-9-17(16(10-13)24(26)27)28-11-18(25)23-15-7-3-5-12-4-1-2-6-14(12)15/h1-2,4,6,8-10,15H,3,5,7,11H2,(H,23,25)/t15-/m0/s1. The van der Waals surface area contributed by atoms with E-state index in [-0.39, 0.29) is 22.6 Å². The zero-order valence-electron chi connectivity index (χ0n) is 14.7. The number of carbonyl (C=O) groups is 1. The molecule has 1 atom stereocenters. The predicted molar refractivity (Wildman–Crippen MR) is 99.1 cm³/mol. The molecule has 1 aliphatic rings. The fraction of sp³-hybridized carbons (Fsp3) is 0.316. The van der Waals surface area contributed by atoms with Gasteiger partial charge in [0.25, 0.3) is 5.69 Å². The van der Waals surface area contributed by atoms with Crippen LogP contribution in [0.3, 0.4) is 0 Å². The second-order valence-electron chi connectivity index (χ2n) is 6.44. The third-order valence-corrected chi connectivity index (χ3v) is 5.61. The lowest BCUT2D eigenvalue weighted by Gasteiger charge is -2.26. The van der Waals surface area contributed by atoms with Gasteiger partial charge in [0.05, 0.1) is 27.2 Å². The summed E-state index contributed by atoms with van der Waals surface area (Å²) >= 11 is 0.852. The molecular weight excluding hydrogens is 393 g/mol. The minimum atomic E-state index is -4.67. The molecule has 0 heterocycles.